The van der Waals surface area contributed by atoms with E-state index in [1.165, 1.54) is 0 Å². The van der Waals surface area contributed by atoms with Crippen LogP contribution in [-0.2, 0) is 9.59 Å². The molecule has 16 heavy (non-hydrogen) atoms. The van der Waals surface area contributed by atoms with Gasteiger partial charge < -0.3 is 15.7 Å². The summed E-state index contributed by atoms with van der Waals surface area (Å²) in [6, 6.07) is -0.245. The number of rotatable bonds is 5. The van der Waals surface area contributed by atoms with Gasteiger partial charge in [-0.15, -0.1) is 0 Å². The SMILES string of the molecule is C[C@@H](CO)NC(=O)CCNC(=O)C(C)(C)C. The van der Waals surface area contributed by atoms with Gasteiger partial charge in [-0.1, -0.05) is 20.8 Å². The zero-order valence-electron chi connectivity index (χ0n) is 10.5. The van der Waals surface area contributed by atoms with Gasteiger partial charge in [0.1, 0.15) is 0 Å². The molecule has 5 nitrogen and oxygen atoms in total. The van der Waals surface area contributed by atoms with Gasteiger partial charge in [0, 0.05) is 24.4 Å². The molecule has 0 unspecified atom stereocenters. The standard InChI is InChI=1S/C11H22N2O3/c1-8(7-14)13-9(15)5-6-12-10(16)11(2,3)4/h8,14H,5-7H2,1-4H3,(H,12,16)(H,13,15)/t8-/m0/s1. The van der Waals surface area contributed by atoms with Gasteiger partial charge in [-0.2, -0.15) is 0 Å². The molecule has 0 fully saturated rings. The van der Waals surface area contributed by atoms with E-state index < -0.39 is 5.41 Å². The summed E-state index contributed by atoms with van der Waals surface area (Å²) < 4.78 is 0. The minimum Gasteiger partial charge on any atom is -0.394 e. The number of hydrogen-bond donors (Lipinski definition) is 3. The van der Waals surface area contributed by atoms with E-state index in [0.717, 1.165) is 0 Å². The monoisotopic (exact) mass is 230 g/mol. The van der Waals surface area contributed by atoms with Gasteiger partial charge in [0.15, 0.2) is 0 Å². The highest BCUT2D eigenvalue weighted by molar-refractivity contribution is 5.82. The molecule has 0 heterocycles. The molecule has 2 amide bonds. The molecular formula is C11H22N2O3. The predicted octanol–water partition coefficient (Wildman–Crippen LogP) is 0.0358. The smallest absolute Gasteiger partial charge is 0.225 e. The topological polar surface area (TPSA) is 78.4 Å². The van der Waals surface area contributed by atoms with E-state index >= 15 is 0 Å². The summed E-state index contributed by atoms with van der Waals surface area (Å²) in [5, 5.41) is 14.0. The molecule has 0 saturated heterocycles. The lowest BCUT2D eigenvalue weighted by Gasteiger charge is -2.17. The normalized spacial score (nSPS) is 13.1. The molecule has 0 aromatic heterocycles. The minimum absolute atomic E-state index is 0.0736. The molecule has 0 aliphatic rings. The molecule has 5 heteroatoms. The van der Waals surface area contributed by atoms with Crippen molar-refractivity contribution < 1.29 is 14.7 Å². The molecule has 1 atom stereocenters. The fourth-order valence-electron chi connectivity index (χ4n) is 0.947. The Morgan fingerprint density at radius 3 is 2.31 bits per heavy atom. The Morgan fingerprint density at radius 1 is 1.31 bits per heavy atom. The van der Waals surface area contributed by atoms with Gasteiger partial charge in [0.2, 0.25) is 11.8 Å². The summed E-state index contributed by atoms with van der Waals surface area (Å²) in [5.74, 6) is -0.244. The van der Waals surface area contributed by atoms with Crippen LogP contribution in [0, 0.1) is 5.41 Å². The summed E-state index contributed by atoms with van der Waals surface area (Å²) in [7, 11) is 0. The number of aliphatic hydroxyl groups excluding tert-OH is 1. The molecule has 3 N–H and O–H groups in total. The van der Waals surface area contributed by atoms with E-state index in [9.17, 15) is 9.59 Å². The molecule has 0 rings (SSSR count). The highest BCUT2D eigenvalue weighted by Crippen LogP contribution is 2.11. The van der Waals surface area contributed by atoms with Crippen LogP contribution in [0.3, 0.4) is 0 Å². The Balaban J connectivity index is 3.75. The zero-order chi connectivity index (χ0) is 12.8. The molecule has 0 saturated carbocycles. The van der Waals surface area contributed by atoms with Crippen molar-refractivity contribution in [2.24, 2.45) is 5.41 Å². The van der Waals surface area contributed by atoms with Crippen molar-refractivity contribution in [1.82, 2.24) is 10.6 Å². The Hall–Kier alpha value is -1.10. The van der Waals surface area contributed by atoms with Crippen molar-refractivity contribution in [1.29, 1.82) is 0 Å². The first-order valence-electron chi connectivity index (χ1n) is 5.46. The summed E-state index contributed by atoms with van der Waals surface area (Å²) in [4.78, 5) is 22.7. The minimum atomic E-state index is -0.436. The lowest BCUT2D eigenvalue weighted by Crippen LogP contribution is -2.39. The van der Waals surface area contributed by atoms with Crippen LogP contribution < -0.4 is 10.6 Å². The van der Waals surface area contributed by atoms with Crippen LogP contribution in [-0.4, -0.2) is 36.1 Å². The van der Waals surface area contributed by atoms with Crippen molar-refractivity contribution in [2.75, 3.05) is 13.2 Å². The third-order valence-electron chi connectivity index (χ3n) is 2.00. The van der Waals surface area contributed by atoms with Crippen LogP contribution in [0.1, 0.15) is 34.1 Å². The highest BCUT2D eigenvalue weighted by atomic mass is 16.3. The van der Waals surface area contributed by atoms with E-state index in [2.05, 4.69) is 10.6 Å². The van der Waals surface area contributed by atoms with Crippen molar-refractivity contribution >= 4 is 11.8 Å². The second-order valence-electron chi connectivity index (χ2n) is 4.91. The molecule has 0 spiro atoms. The first kappa shape index (κ1) is 14.9. The van der Waals surface area contributed by atoms with Gasteiger partial charge >= 0.3 is 0 Å². The van der Waals surface area contributed by atoms with E-state index in [1.54, 1.807) is 6.92 Å². The van der Waals surface area contributed by atoms with Gasteiger partial charge in [-0.05, 0) is 6.92 Å². The van der Waals surface area contributed by atoms with Crippen molar-refractivity contribution in [3.63, 3.8) is 0 Å². The van der Waals surface area contributed by atoms with Crippen LogP contribution >= 0.6 is 0 Å². The third-order valence-corrected chi connectivity index (χ3v) is 2.00. The number of carbonyl (C=O) groups is 2. The van der Waals surface area contributed by atoms with E-state index in [4.69, 9.17) is 5.11 Å². The molecule has 0 radical (unpaired) electrons. The maximum atomic E-state index is 11.4. The Morgan fingerprint density at radius 2 is 1.88 bits per heavy atom. The fourth-order valence-corrected chi connectivity index (χ4v) is 0.947. The summed E-state index contributed by atoms with van der Waals surface area (Å²) in [6.07, 6.45) is 0.228. The second kappa shape index (κ2) is 6.48. The molecular weight excluding hydrogens is 208 g/mol. The number of nitrogens with one attached hydrogen (secondary N) is 2. The van der Waals surface area contributed by atoms with Gasteiger partial charge in [0.25, 0.3) is 0 Å². The summed E-state index contributed by atoms with van der Waals surface area (Å²) in [6.45, 7) is 7.40. The first-order chi connectivity index (χ1) is 7.27. The van der Waals surface area contributed by atoms with E-state index in [1.807, 2.05) is 20.8 Å². The summed E-state index contributed by atoms with van der Waals surface area (Å²) >= 11 is 0. The number of carbonyl (C=O) groups excluding carboxylic acids is 2. The molecule has 0 bridgehead atoms. The Bertz CT molecular complexity index is 246. The van der Waals surface area contributed by atoms with Gasteiger partial charge in [0.05, 0.1) is 6.61 Å². The predicted molar refractivity (Wildman–Crippen MR) is 61.8 cm³/mol. The molecule has 94 valence electrons. The summed E-state index contributed by atoms with van der Waals surface area (Å²) in [5.41, 5.74) is -0.436. The number of aliphatic hydroxyl groups is 1. The van der Waals surface area contributed by atoms with E-state index in [0.29, 0.717) is 6.54 Å². The molecule has 0 aliphatic heterocycles. The van der Waals surface area contributed by atoms with Crippen molar-refractivity contribution in [2.45, 2.75) is 40.2 Å². The van der Waals surface area contributed by atoms with Gasteiger partial charge in [-0.25, -0.2) is 0 Å². The molecule has 0 aromatic rings. The third kappa shape index (κ3) is 6.40. The van der Waals surface area contributed by atoms with Crippen molar-refractivity contribution in [3.8, 4) is 0 Å². The lowest BCUT2D eigenvalue weighted by molar-refractivity contribution is -0.128. The Kier molecular flexibility index (Phi) is 6.03. The maximum Gasteiger partial charge on any atom is 0.225 e. The van der Waals surface area contributed by atoms with Crippen LogP contribution in [0.4, 0.5) is 0 Å². The zero-order valence-corrected chi connectivity index (χ0v) is 10.5. The quantitative estimate of drug-likeness (QED) is 0.624. The van der Waals surface area contributed by atoms with Crippen LogP contribution in [0.5, 0.6) is 0 Å². The first-order valence-corrected chi connectivity index (χ1v) is 5.46. The van der Waals surface area contributed by atoms with E-state index in [-0.39, 0.29) is 30.9 Å². The van der Waals surface area contributed by atoms with Crippen LogP contribution in [0.25, 0.3) is 0 Å². The number of amides is 2. The average Bonchev–Trinajstić information content (AvgIpc) is 2.15. The average molecular weight is 230 g/mol. The van der Waals surface area contributed by atoms with Gasteiger partial charge in [-0.3, -0.25) is 9.59 Å². The highest BCUT2D eigenvalue weighted by Gasteiger charge is 2.20. The molecule has 0 aromatic carbocycles. The molecule has 0 aliphatic carbocycles. The number of hydrogen-bond acceptors (Lipinski definition) is 3. The lowest BCUT2D eigenvalue weighted by atomic mass is 9.96. The van der Waals surface area contributed by atoms with Crippen LogP contribution in [0.2, 0.25) is 0 Å². The second-order valence-corrected chi connectivity index (χ2v) is 4.91. The Labute approximate surface area is 96.6 Å². The largest absolute Gasteiger partial charge is 0.394 e. The van der Waals surface area contributed by atoms with Crippen LogP contribution in [0.15, 0.2) is 0 Å². The van der Waals surface area contributed by atoms with Crippen molar-refractivity contribution in [3.05, 3.63) is 0 Å². The fraction of sp³-hybridized carbons (Fsp3) is 0.818. The maximum absolute atomic E-state index is 11.4.